The molecule has 5 rings (SSSR count). The van der Waals surface area contributed by atoms with E-state index in [1.54, 1.807) is 12.1 Å². The summed E-state index contributed by atoms with van der Waals surface area (Å²) in [6.07, 6.45) is 1.74. The molecule has 1 atom stereocenters. The fourth-order valence-corrected chi connectivity index (χ4v) is 4.09. The van der Waals surface area contributed by atoms with Crippen LogP contribution in [-0.4, -0.2) is 34.1 Å². The highest BCUT2D eigenvalue weighted by Gasteiger charge is 2.29. The zero-order valence-corrected chi connectivity index (χ0v) is 17.4. The van der Waals surface area contributed by atoms with Crippen molar-refractivity contribution in [1.29, 1.82) is 0 Å². The van der Waals surface area contributed by atoms with Crippen LogP contribution in [0.1, 0.15) is 35.0 Å². The highest BCUT2D eigenvalue weighted by Crippen LogP contribution is 2.29. The van der Waals surface area contributed by atoms with Crippen molar-refractivity contribution in [1.82, 2.24) is 15.1 Å². The first-order valence-corrected chi connectivity index (χ1v) is 10.7. The van der Waals surface area contributed by atoms with Gasteiger partial charge in [-0.25, -0.2) is 4.39 Å². The van der Waals surface area contributed by atoms with Gasteiger partial charge in [0.05, 0.1) is 5.92 Å². The third-order valence-corrected chi connectivity index (χ3v) is 5.83. The number of halogens is 1. The lowest BCUT2D eigenvalue weighted by Crippen LogP contribution is -2.39. The van der Waals surface area contributed by atoms with Crippen molar-refractivity contribution < 1.29 is 13.6 Å². The summed E-state index contributed by atoms with van der Waals surface area (Å²) in [7, 11) is 0. The second-order valence-electron chi connectivity index (χ2n) is 7.99. The lowest BCUT2D eigenvalue weighted by atomic mass is 9.97. The Hall–Kier alpha value is -3.80. The molecule has 1 aromatic heterocycles. The first kappa shape index (κ1) is 20.1. The fraction of sp³-hybridized carbons (Fsp3) is 0.192. The van der Waals surface area contributed by atoms with E-state index in [4.69, 9.17) is 4.42 Å². The number of benzene rings is 3. The number of likely N-dealkylation sites (tertiary alicyclic amines) is 1. The number of amides is 1. The summed E-state index contributed by atoms with van der Waals surface area (Å²) >= 11 is 0. The molecule has 1 amide bonds. The molecule has 0 bridgehead atoms. The number of carbonyl (C=O) groups excluding carboxylic acids is 1. The molecule has 32 heavy (non-hydrogen) atoms. The molecule has 160 valence electrons. The third-order valence-electron chi connectivity index (χ3n) is 5.83. The molecule has 1 aliphatic rings. The maximum absolute atomic E-state index is 13.2. The predicted molar refractivity (Wildman–Crippen MR) is 119 cm³/mol. The molecule has 0 radical (unpaired) electrons. The smallest absolute Gasteiger partial charge is 0.253 e. The van der Waals surface area contributed by atoms with Crippen LogP contribution < -0.4 is 0 Å². The van der Waals surface area contributed by atoms with Gasteiger partial charge in [0.2, 0.25) is 11.8 Å². The molecular formula is C26H22FN3O2. The van der Waals surface area contributed by atoms with Gasteiger partial charge in [-0.1, -0.05) is 42.5 Å². The number of nitrogens with zero attached hydrogens (tertiary/aromatic N) is 3. The van der Waals surface area contributed by atoms with E-state index in [-0.39, 0.29) is 17.6 Å². The summed E-state index contributed by atoms with van der Waals surface area (Å²) in [5.74, 6) is 0.554. The van der Waals surface area contributed by atoms with Gasteiger partial charge in [0.15, 0.2) is 0 Å². The molecule has 5 nitrogen and oxygen atoms in total. The number of carbonyl (C=O) groups is 1. The molecule has 1 aliphatic heterocycles. The molecule has 0 spiro atoms. The van der Waals surface area contributed by atoms with Gasteiger partial charge in [0.1, 0.15) is 5.82 Å². The summed E-state index contributed by atoms with van der Waals surface area (Å²) in [6, 6.07) is 23.8. The van der Waals surface area contributed by atoms with Crippen molar-refractivity contribution >= 4 is 5.91 Å². The summed E-state index contributed by atoms with van der Waals surface area (Å²) < 4.78 is 19.0. The summed E-state index contributed by atoms with van der Waals surface area (Å²) in [4.78, 5) is 15.0. The van der Waals surface area contributed by atoms with E-state index in [1.165, 1.54) is 12.1 Å². The van der Waals surface area contributed by atoms with E-state index in [2.05, 4.69) is 22.3 Å². The molecule has 0 aliphatic carbocycles. The number of aromatic nitrogens is 2. The van der Waals surface area contributed by atoms with Crippen LogP contribution in [0, 0.1) is 5.82 Å². The standard InChI is InChI=1S/C26H22FN3O2/c27-23-14-12-20(13-15-23)24-28-29-25(32-24)22-7-4-16-30(17-22)26(31)21-10-8-19(9-11-21)18-5-2-1-3-6-18/h1-3,5-6,8-15,22H,4,7,16-17H2. The van der Waals surface area contributed by atoms with E-state index in [1.807, 2.05) is 47.4 Å². The van der Waals surface area contributed by atoms with Gasteiger partial charge in [-0.05, 0) is 60.4 Å². The monoisotopic (exact) mass is 427 g/mol. The van der Waals surface area contributed by atoms with Gasteiger partial charge in [-0.15, -0.1) is 10.2 Å². The van der Waals surface area contributed by atoms with Crippen LogP contribution in [0.2, 0.25) is 0 Å². The van der Waals surface area contributed by atoms with Gasteiger partial charge in [-0.2, -0.15) is 0 Å². The Morgan fingerprint density at radius 2 is 1.56 bits per heavy atom. The van der Waals surface area contributed by atoms with Gasteiger partial charge >= 0.3 is 0 Å². The summed E-state index contributed by atoms with van der Waals surface area (Å²) in [6.45, 7) is 1.24. The highest BCUT2D eigenvalue weighted by atomic mass is 19.1. The van der Waals surface area contributed by atoms with Crippen LogP contribution in [0.4, 0.5) is 4.39 Å². The second-order valence-corrected chi connectivity index (χ2v) is 7.99. The van der Waals surface area contributed by atoms with Crippen LogP contribution in [0.25, 0.3) is 22.6 Å². The quantitative estimate of drug-likeness (QED) is 0.428. The molecule has 6 heteroatoms. The Morgan fingerprint density at radius 3 is 2.31 bits per heavy atom. The summed E-state index contributed by atoms with van der Waals surface area (Å²) in [5.41, 5.74) is 3.55. The number of hydrogen-bond acceptors (Lipinski definition) is 4. The largest absolute Gasteiger partial charge is 0.420 e. The molecule has 4 aromatic rings. The van der Waals surface area contributed by atoms with E-state index < -0.39 is 0 Å². The van der Waals surface area contributed by atoms with Gasteiger partial charge in [0.25, 0.3) is 5.91 Å². The van der Waals surface area contributed by atoms with Gasteiger partial charge in [-0.3, -0.25) is 4.79 Å². The van der Waals surface area contributed by atoms with Crippen LogP contribution in [0.3, 0.4) is 0 Å². The fourth-order valence-electron chi connectivity index (χ4n) is 4.09. The van der Waals surface area contributed by atoms with Crippen molar-refractivity contribution in [3.63, 3.8) is 0 Å². The minimum atomic E-state index is -0.313. The Balaban J connectivity index is 1.29. The first-order chi connectivity index (χ1) is 15.7. The molecule has 3 aromatic carbocycles. The van der Waals surface area contributed by atoms with Gasteiger partial charge < -0.3 is 9.32 Å². The molecule has 1 saturated heterocycles. The number of rotatable bonds is 4. The number of hydrogen-bond donors (Lipinski definition) is 0. The van der Waals surface area contributed by atoms with Crippen LogP contribution in [0.15, 0.2) is 83.3 Å². The average Bonchev–Trinajstić information content (AvgIpc) is 3.35. The van der Waals surface area contributed by atoms with Crippen LogP contribution >= 0.6 is 0 Å². The van der Waals surface area contributed by atoms with Crippen LogP contribution in [0.5, 0.6) is 0 Å². The van der Waals surface area contributed by atoms with Crippen molar-refractivity contribution in [3.8, 4) is 22.6 Å². The van der Waals surface area contributed by atoms with Crippen molar-refractivity contribution in [2.75, 3.05) is 13.1 Å². The van der Waals surface area contributed by atoms with Crippen molar-refractivity contribution in [2.45, 2.75) is 18.8 Å². The topological polar surface area (TPSA) is 59.2 Å². The minimum Gasteiger partial charge on any atom is -0.420 e. The average molecular weight is 427 g/mol. The molecular weight excluding hydrogens is 405 g/mol. The Kier molecular flexibility index (Phi) is 5.50. The van der Waals surface area contributed by atoms with Gasteiger partial charge in [0, 0.05) is 24.2 Å². The maximum atomic E-state index is 13.2. The number of piperidine rings is 1. The van der Waals surface area contributed by atoms with Crippen molar-refractivity contribution in [2.24, 2.45) is 0 Å². The molecule has 1 fully saturated rings. The van der Waals surface area contributed by atoms with E-state index >= 15 is 0 Å². The Labute approximate surface area is 185 Å². The minimum absolute atomic E-state index is 0.00702. The molecule has 1 unspecified atom stereocenters. The molecule has 2 heterocycles. The zero-order valence-electron chi connectivity index (χ0n) is 17.4. The predicted octanol–water partition coefficient (Wildman–Crippen LogP) is 5.56. The summed E-state index contributed by atoms with van der Waals surface area (Å²) in [5, 5.41) is 8.32. The zero-order chi connectivity index (χ0) is 21.9. The van der Waals surface area contributed by atoms with Crippen LogP contribution in [-0.2, 0) is 0 Å². The Morgan fingerprint density at radius 1 is 0.875 bits per heavy atom. The third kappa shape index (κ3) is 4.17. The normalized spacial score (nSPS) is 16.2. The van der Waals surface area contributed by atoms with E-state index in [9.17, 15) is 9.18 Å². The first-order valence-electron chi connectivity index (χ1n) is 10.7. The lowest BCUT2D eigenvalue weighted by Gasteiger charge is -2.31. The van der Waals surface area contributed by atoms with Crippen molar-refractivity contribution in [3.05, 3.63) is 96.1 Å². The Bertz CT molecular complexity index is 1200. The second kappa shape index (κ2) is 8.75. The maximum Gasteiger partial charge on any atom is 0.253 e. The molecule has 0 saturated carbocycles. The highest BCUT2D eigenvalue weighted by molar-refractivity contribution is 5.94. The van der Waals surface area contributed by atoms with E-state index in [0.717, 1.165) is 24.0 Å². The lowest BCUT2D eigenvalue weighted by molar-refractivity contribution is 0.0698. The SMILES string of the molecule is O=C(c1ccc(-c2ccccc2)cc1)N1CCCC(c2nnc(-c3ccc(F)cc3)o2)C1. The van der Waals surface area contributed by atoms with E-state index in [0.29, 0.717) is 36.0 Å². The molecule has 0 N–H and O–H groups in total.